The van der Waals surface area contributed by atoms with Gasteiger partial charge in [-0.2, -0.15) is 0 Å². The van der Waals surface area contributed by atoms with Crippen LogP contribution in [0.25, 0.3) is 0 Å². The van der Waals surface area contributed by atoms with Crippen LogP contribution in [0.3, 0.4) is 0 Å². The highest BCUT2D eigenvalue weighted by Gasteiger charge is 2.21. The third-order valence-electron chi connectivity index (χ3n) is 6.86. The standard InChI is InChI=1S/C29H35N3O3/c1-4-29(2,3)22-9-13-24(14-10-22)35-25-15-11-23(12-16-25)30-28(34)21-31-17-19-32(20-18-31)26-7-5-6-8-27(26)33/h5-16,33H,4,17-21H2,1-3H3,(H,30,34). The second-order valence-corrected chi connectivity index (χ2v) is 9.69. The molecule has 1 fully saturated rings. The molecule has 0 aliphatic carbocycles. The van der Waals surface area contributed by atoms with Crippen molar-refractivity contribution in [1.29, 1.82) is 0 Å². The molecule has 1 amide bonds. The summed E-state index contributed by atoms with van der Waals surface area (Å²) >= 11 is 0. The van der Waals surface area contributed by atoms with Gasteiger partial charge in [0, 0.05) is 31.9 Å². The summed E-state index contributed by atoms with van der Waals surface area (Å²) in [6.07, 6.45) is 1.08. The number of phenols is 1. The number of benzene rings is 3. The molecule has 0 spiro atoms. The predicted molar refractivity (Wildman–Crippen MR) is 142 cm³/mol. The number of carbonyl (C=O) groups is 1. The third-order valence-corrected chi connectivity index (χ3v) is 6.86. The van der Waals surface area contributed by atoms with Gasteiger partial charge in [-0.15, -0.1) is 0 Å². The van der Waals surface area contributed by atoms with E-state index in [1.165, 1.54) is 5.56 Å². The van der Waals surface area contributed by atoms with E-state index in [1.807, 2.05) is 54.6 Å². The van der Waals surface area contributed by atoms with Crippen LogP contribution in [0.1, 0.15) is 32.8 Å². The zero-order valence-electron chi connectivity index (χ0n) is 20.8. The Balaban J connectivity index is 1.24. The van der Waals surface area contributed by atoms with Crippen molar-refractivity contribution in [3.8, 4) is 17.2 Å². The first-order chi connectivity index (χ1) is 16.8. The van der Waals surface area contributed by atoms with Gasteiger partial charge in [-0.3, -0.25) is 9.69 Å². The zero-order valence-corrected chi connectivity index (χ0v) is 20.8. The van der Waals surface area contributed by atoms with Crippen molar-refractivity contribution in [3.05, 3.63) is 78.4 Å². The van der Waals surface area contributed by atoms with Crippen LogP contribution in [0.2, 0.25) is 0 Å². The fourth-order valence-electron chi connectivity index (χ4n) is 4.20. The molecule has 0 unspecified atom stereocenters. The van der Waals surface area contributed by atoms with Gasteiger partial charge in [0.25, 0.3) is 0 Å². The van der Waals surface area contributed by atoms with Crippen molar-refractivity contribution >= 4 is 17.3 Å². The van der Waals surface area contributed by atoms with Crippen LogP contribution >= 0.6 is 0 Å². The van der Waals surface area contributed by atoms with Crippen molar-refractivity contribution in [2.45, 2.75) is 32.6 Å². The Labute approximate surface area is 208 Å². The number of aromatic hydroxyl groups is 1. The van der Waals surface area contributed by atoms with Gasteiger partial charge in [0.05, 0.1) is 12.2 Å². The topological polar surface area (TPSA) is 65.0 Å². The van der Waals surface area contributed by atoms with Gasteiger partial charge in [0.15, 0.2) is 0 Å². The van der Waals surface area contributed by atoms with E-state index >= 15 is 0 Å². The Bertz CT molecular complexity index is 1120. The van der Waals surface area contributed by atoms with Crippen LogP contribution in [0.15, 0.2) is 72.8 Å². The van der Waals surface area contributed by atoms with E-state index in [0.29, 0.717) is 12.3 Å². The van der Waals surface area contributed by atoms with Crippen LogP contribution in [0.5, 0.6) is 17.2 Å². The van der Waals surface area contributed by atoms with E-state index in [0.717, 1.165) is 55.5 Å². The first-order valence-electron chi connectivity index (χ1n) is 12.3. The highest BCUT2D eigenvalue weighted by molar-refractivity contribution is 5.92. The number of hydrogen-bond acceptors (Lipinski definition) is 5. The van der Waals surface area contributed by atoms with Crippen LogP contribution in [0.4, 0.5) is 11.4 Å². The summed E-state index contributed by atoms with van der Waals surface area (Å²) in [5.41, 5.74) is 3.04. The molecule has 0 aromatic heterocycles. The van der Waals surface area contributed by atoms with E-state index in [-0.39, 0.29) is 11.3 Å². The van der Waals surface area contributed by atoms with Gasteiger partial charge in [-0.05, 0) is 65.9 Å². The number of phenolic OH excluding ortho intramolecular Hbond substituents is 1. The molecule has 4 rings (SSSR count). The molecule has 35 heavy (non-hydrogen) atoms. The molecule has 1 saturated heterocycles. The van der Waals surface area contributed by atoms with E-state index in [4.69, 9.17) is 4.74 Å². The van der Waals surface area contributed by atoms with Gasteiger partial charge >= 0.3 is 0 Å². The summed E-state index contributed by atoms with van der Waals surface area (Å²) < 4.78 is 5.97. The smallest absolute Gasteiger partial charge is 0.238 e. The maximum atomic E-state index is 12.6. The first-order valence-corrected chi connectivity index (χ1v) is 12.3. The summed E-state index contributed by atoms with van der Waals surface area (Å²) in [5, 5.41) is 13.0. The fourth-order valence-corrected chi connectivity index (χ4v) is 4.20. The van der Waals surface area contributed by atoms with Gasteiger partial charge in [-0.25, -0.2) is 0 Å². The summed E-state index contributed by atoms with van der Waals surface area (Å²) in [6, 6.07) is 23.1. The highest BCUT2D eigenvalue weighted by atomic mass is 16.5. The molecule has 2 N–H and O–H groups in total. The summed E-state index contributed by atoms with van der Waals surface area (Å²) in [5.74, 6) is 1.78. The van der Waals surface area contributed by atoms with Crippen molar-refractivity contribution in [2.24, 2.45) is 0 Å². The minimum absolute atomic E-state index is 0.0381. The lowest BCUT2D eigenvalue weighted by Crippen LogP contribution is -2.48. The van der Waals surface area contributed by atoms with Gasteiger partial charge < -0.3 is 20.1 Å². The Morgan fingerprint density at radius 3 is 2.11 bits per heavy atom. The molecule has 1 aliphatic rings. The van der Waals surface area contributed by atoms with Crippen LogP contribution < -0.4 is 15.0 Å². The molecule has 0 saturated carbocycles. The van der Waals surface area contributed by atoms with Gasteiger partial charge in [-0.1, -0.05) is 45.0 Å². The van der Waals surface area contributed by atoms with Crippen LogP contribution in [0, 0.1) is 0 Å². The first kappa shape index (κ1) is 24.6. The summed E-state index contributed by atoms with van der Waals surface area (Å²) in [4.78, 5) is 16.8. The minimum Gasteiger partial charge on any atom is -0.506 e. The Morgan fingerprint density at radius 2 is 1.51 bits per heavy atom. The largest absolute Gasteiger partial charge is 0.506 e. The Kier molecular flexibility index (Phi) is 7.61. The molecule has 184 valence electrons. The number of anilines is 2. The lowest BCUT2D eigenvalue weighted by Gasteiger charge is -2.35. The molecular weight excluding hydrogens is 438 g/mol. The number of ether oxygens (including phenoxy) is 1. The van der Waals surface area contributed by atoms with E-state index < -0.39 is 0 Å². The maximum Gasteiger partial charge on any atom is 0.238 e. The average Bonchev–Trinajstić information content (AvgIpc) is 2.86. The molecule has 3 aromatic carbocycles. The fraction of sp³-hybridized carbons (Fsp3) is 0.345. The van der Waals surface area contributed by atoms with Gasteiger partial charge in [0.1, 0.15) is 17.2 Å². The maximum absolute atomic E-state index is 12.6. The average molecular weight is 474 g/mol. The quantitative estimate of drug-likeness (QED) is 0.444. The second-order valence-electron chi connectivity index (χ2n) is 9.69. The zero-order chi connectivity index (χ0) is 24.8. The van der Waals surface area contributed by atoms with Gasteiger partial charge in [0.2, 0.25) is 5.91 Å². The number of amides is 1. The van der Waals surface area contributed by atoms with Crippen LogP contribution in [-0.2, 0) is 10.2 Å². The van der Waals surface area contributed by atoms with Crippen molar-refractivity contribution in [1.82, 2.24) is 4.90 Å². The molecule has 0 atom stereocenters. The number of piperazine rings is 1. The third kappa shape index (κ3) is 6.34. The number of nitrogens with one attached hydrogen (secondary N) is 1. The minimum atomic E-state index is -0.0381. The number of rotatable bonds is 8. The number of para-hydroxylation sites is 2. The number of carbonyl (C=O) groups excluding carboxylic acids is 1. The Morgan fingerprint density at radius 1 is 0.914 bits per heavy atom. The highest BCUT2D eigenvalue weighted by Crippen LogP contribution is 2.30. The molecule has 6 nitrogen and oxygen atoms in total. The lowest BCUT2D eigenvalue weighted by molar-refractivity contribution is -0.117. The predicted octanol–water partition coefficient (Wildman–Crippen LogP) is 5.63. The lowest BCUT2D eigenvalue weighted by atomic mass is 9.82. The van der Waals surface area contributed by atoms with E-state index in [2.05, 4.69) is 48.0 Å². The molecule has 1 aliphatic heterocycles. The monoisotopic (exact) mass is 473 g/mol. The molecule has 0 bridgehead atoms. The van der Waals surface area contributed by atoms with Crippen LogP contribution in [-0.4, -0.2) is 48.6 Å². The van der Waals surface area contributed by atoms with Crippen molar-refractivity contribution in [2.75, 3.05) is 42.9 Å². The Hall–Kier alpha value is -3.51. The number of hydrogen-bond donors (Lipinski definition) is 2. The number of nitrogens with zero attached hydrogens (tertiary/aromatic N) is 2. The molecule has 3 aromatic rings. The van der Waals surface area contributed by atoms with Crippen molar-refractivity contribution < 1.29 is 14.6 Å². The SMILES string of the molecule is CCC(C)(C)c1ccc(Oc2ccc(NC(=O)CN3CCN(c4ccccc4O)CC3)cc2)cc1. The summed E-state index contributed by atoms with van der Waals surface area (Å²) in [7, 11) is 0. The van der Waals surface area contributed by atoms with E-state index in [1.54, 1.807) is 6.07 Å². The van der Waals surface area contributed by atoms with E-state index in [9.17, 15) is 9.90 Å². The summed E-state index contributed by atoms with van der Waals surface area (Å²) in [6.45, 7) is 10.1. The molecule has 0 radical (unpaired) electrons. The molecule has 6 heteroatoms. The normalized spacial score (nSPS) is 14.5. The molecule has 1 heterocycles. The second kappa shape index (κ2) is 10.8. The van der Waals surface area contributed by atoms with Crippen molar-refractivity contribution in [3.63, 3.8) is 0 Å². The molecular formula is C29H35N3O3.